The fourth-order valence-electron chi connectivity index (χ4n) is 0. The molecule has 66 valence electrons. The fraction of sp³-hybridized carbons (Fsp3) is 0.400. The Bertz CT molecular complexity index is 224. The second-order valence-electron chi connectivity index (χ2n) is 1.45. The van der Waals surface area contributed by atoms with Gasteiger partial charge in [-0.25, -0.2) is 8.42 Å². The topological polar surface area (TPSA) is 100 Å². The van der Waals surface area contributed by atoms with Gasteiger partial charge in [-0.05, 0) is 6.08 Å². The summed E-state index contributed by atoms with van der Waals surface area (Å²) >= 11 is 0. The zero-order valence-electron chi connectivity index (χ0n) is 7.11. The van der Waals surface area contributed by atoms with Crippen LogP contribution in [-0.2, 0) is 14.9 Å². The van der Waals surface area contributed by atoms with E-state index in [-0.39, 0.29) is 24.6 Å². The summed E-state index contributed by atoms with van der Waals surface area (Å²) in [6.07, 6.45) is 1.06. The van der Waals surface area contributed by atoms with Crippen molar-refractivity contribution in [3.05, 3.63) is 12.7 Å². The first-order valence-corrected chi connectivity index (χ1v) is 4.26. The van der Waals surface area contributed by atoms with E-state index in [0.29, 0.717) is 0 Å². The predicted molar refractivity (Wildman–Crippen MR) is 39.6 cm³/mol. The Morgan fingerprint density at radius 1 is 1.67 bits per heavy atom. The normalized spacial score (nSPS) is 8.50. The summed E-state index contributed by atoms with van der Waals surface area (Å²) in [6, 6.07) is 0. The first-order valence-electron chi connectivity index (χ1n) is 2.69. The molecule has 1 amide bonds. The van der Waals surface area contributed by atoms with Gasteiger partial charge in [-0.1, -0.05) is 13.5 Å². The molecule has 0 atom stereocenters. The third-order valence-electron chi connectivity index (χ3n) is 0.555. The van der Waals surface area contributed by atoms with Gasteiger partial charge in [0.05, 0.1) is 10.1 Å². The summed E-state index contributed by atoms with van der Waals surface area (Å²) in [6.45, 7) is 4.39. The van der Waals surface area contributed by atoms with Crippen LogP contribution in [-0.4, -0.2) is 24.6 Å². The first kappa shape index (κ1) is 17.7. The van der Waals surface area contributed by atoms with Crippen molar-refractivity contribution >= 4 is 16.0 Å². The van der Waals surface area contributed by atoms with E-state index < -0.39 is 16.0 Å². The molecule has 12 heavy (non-hydrogen) atoms. The van der Waals surface area contributed by atoms with Crippen LogP contribution in [0.25, 0.3) is 0 Å². The molecule has 0 aromatic rings. The number of carbonyl (C=O) groups is 1. The van der Waals surface area contributed by atoms with Gasteiger partial charge in [-0.3, -0.25) is 4.79 Å². The largest absolute Gasteiger partial charge is 1.00 e. The van der Waals surface area contributed by atoms with Crippen molar-refractivity contribution in [1.29, 1.82) is 0 Å². The summed E-state index contributed by atoms with van der Waals surface area (Å²) in [7, 11) is -3.91. The summed E-state index contributed by atoms with van der Waals surface area (Å²) in [5, 5.41) is 0. The molecule has 2 N–H and O–H groups in total. The first-order chi connectivity index (χ1) is 4.83. The van der Waals surface area contributed by atoms with Crippen LogP contribution in [0.5, 0.6) is 0 Å². The Morgan fingerprint density at radius 2 is 1.83 bits per heavy atom. The maximum Gasteiger partial charge on any atom is 1.00 e. The zero-order valence-corrected chi connectivity index (χ0v) is 7.93. The molecule has 0 aromatic carbocycles. The standard InChI is InChI=1S/C3H5NO.C2H6O3S.Li/c1-2-3(4)5;1-2-6(3,4)5;/h2H,1H2,(H2,4,5);2H2,1H3,(H,3,4,5);/q;;+1/p-1. The molecule has 0 aliphatic rings. The van der Waals surface area contributed by atoms with Gasteiger partial charge < -0.3 is 10.3 Å². The number of hydrogen-bond acceptors (Lipinski definition) is 4. The second-order valence-corrected chi connectivity index (χ2v) is 3.15. The minimum Gasteiger partial charge on any atom is -0.748 e. The van der Waals surface area contributed by atoms with Crippen LogP contribution in [0.4, 0.5) is 0 Å². The summed E-state index contributed by atoms with van der Waals surface area (Å²) < 4.78 is 28.3. The van der Waals surface area contributed by atoms with Crippen molar-refractivity contribution in [3.8, 4) is 0 Å². The van der Waals surface area contributed by atoms with E-state index in [1.807, 2.05) is 0 Å². The molecule has 0 aromatic heterocycles. The third kappa shape index (κ3) is 33.2. The number of amides is 1. The van der Waals surface area contributed by atoms with Gasteiger partial charge in [0.25, 0.3) is 0 Å². The molecule has 0 heterocycles. The summed E-state index contributed by atoms with van der Waals surface area (Å²) in [5.41, 5.74) is 4.53. The molecule has 0 saturated heterocycles. The zero-order chi connectivity index (χ0) is 9.49. The van der Waals surface area contributed by atoms with Gasteiger partial charge in [0.15, 0.2) is 0 Å². The van der Waals surface area contributed by atoms with E-state index in [1.54, 1.807) is 0 Å². The second kappa shape index (κ2) is 8.81. The molecule has 0 bridgehead atoms. The SMILES string of the molecule is C=CC(N)=O.CCS(=O)(=O)[O-].[Li+]. The molecule has 0 aliphatic heterocycles. The molecular weight excluding hydrogens is 177 g/mol. The van der Waals surface area contributed by atoms with Crippen molar-refractivity contribution < 1.29 is 36.6 Å². The molecule has 0 radical (unpaired) electrons. The average molecular weight is 187 g/mol. The quantitative estimate of drug-likeness (QED) is 0.272. The van der Waals surface area contributed by atoms with E-state index in [4.69, 9.17) is 0 Å². The predicted octanol–water partition coefficient (Wildman–Crippen LogP) is -3.79. The third-order valence-corrected chi connectivity index (χ3v) is 1.26. The van der Waals surface area contributed by atoms with Crippen LogP contribution in [0.3, 0.4) is 0 Å². The van der Waals surface area contributed by atoms with E-state index in [1.165, 1.54) is 6.92 Å². The number of primary amides is 1. The fourth-order valence-corrected chi connectivity index (χ4v) is 0. The van der Waals surface area contributed by atoms with E-state index in [0.717, 1.165) is 6.08 Å². The minimum absolute atomic E-state index is 0. The molecule has 0 unspecified atom stereocenters. The van der Waals surface area contributed by atoms with Crippen molar-refractivity contribution in [2.75, 3.05) is 5.75 Å². The van der Waals surface area contributed by atoms with Crippen LogP contribution in [0.1, 0.15) is 6.92 Å². The number of carbonyl (C=O) groups excluding carboxylic acids is 1. The maximum absolute atomic E-state index is 9.47. The van der Waals surface area contributed by atoms with Gasteiger partial charge in [0.1, 0.15) is 0 Å². The van der Waals surface area contributed by atoms with Gasteiger partial charge in [0, 0.05) is 5.75 Å². The molecule has 0 spiro atoms. The van der Waals surface area contributed by atoms with Gasteiger partial charge in [-0.2, -0.15) is 0 Å². The van der Waals surface area contributed by atoms with E-state index in [9.17, 15) is 17.8 Å². The Balaban J connectivity index is -0.000000126. The Labute approximate surface area is 83.9 Å². The van der Waals surface area contributed by atoms with Crippen molar-refractivity contribution in [2.45, 2.75) is 6.92 Å². The van der Waals surface area contributed by atoms with Crippen molar-refractivity contribution in [3.63, 3.8) is 0 Å². The van der Waals surface area contributed by atoms with Crippen molar-refractivity contribution in [2.24, 2.45) is 5.73 Å². The molecule has 7 heteroatoms. The van der Waals surface area contributed by atoms with Crippen LogP contribution >= 0.6 is 0 Å². The van der Waals surface area contributed by atoms with Gasteiger partial charge >= 0.3 is 18.9 Å². The van der Waals surface area contributed by atoms with Crippen LogP contribution < -0.4 is 24.6 Å². The Hall–Kier alpha value is -0.283. The maximum atomic E-state index is 9.47. The minimum atomic E-state index is -3.91. The van der Waals surface area contributed by atoms with Crippen molar-refractivity contribution in [1.82, 2.24) is 0 Å². The molecular formula is C5H10LiNO4S. The number of hydrogen-bond donors (Lipinski definition) is 1. The Kier molecular flexibility index (Phi) is 13.0. The monoisotopic (exact) mass is 187 g/mol. The molecule has 0 aliphatic carbocycles. The van der Waals surface area contributed by atoms with E-state index >= 15 is 0 Å². The average Bonchev–Trinajstić information content (AvgIpc) is 1.88. The van der Waals surface area contributed by atoms with Gasteiger partial charge in [-0.15, -0.1) is 0 Å². The number of nitrogens with two attached hydrogens (primary N) is 1. The number of rotatable bonds is 2. The van der Waals surface area contributed by atoms with Crippen LogP contribution in [0.15, 0.2) is 12.7 Å². The van der Waals surface area contributed by atoms with Gasteiger partial charge in [0.2, 0.25) is 5.91 Å². The molecule has 0 rings (SSSR count). The van der Waals surface area contributed by atoms with Crippen LogP contribution in [0.2, 0.25) is 0 Å². The van der Waals surface area contributed by atoms with E-state index in [2.05, 4.69) is 12.3 Å². The summed E-state index contributed by atoms with van der Waals surface area (Å²) in [5.74, 6) is -0.794. The van der Waals surface area contributed by atoms with Crippen LogP contribution in [0, 0.1) is 0 Å². The Morgan fingerprint density at radius 3 is 1.83 bits per heavy atom. The molecule has 0 fully saturated rings. The molecule has 0 saturated carbocycles. The summed E-state index contributed by atoms with van der Waals surface area (Å²) in [4.78, 5) is 9.47. The smallest absolute Gasteiger partial charge is 0.748 e. The molecule has 5 nitrogen and oxygen atoms in total.